The van der Waals surface area contributed by atoms with Crippen LogP contribution in [0.5, 0.6) is 5.75 Å². The normalized spacial score (nSPS) is 10.6. The highest BCUT2D eigenvalue weighted by atomic mass is 16.5. The predicted octanol–water partition coefficient (Wildman–Crippen LogP) is 1.09. The molecule has 0 atom stereocenters. The predicted molar refractivity (Wildman–Crippen MR) is 82.4 cm³/mol. The molecule has 116 valence electrons. The van der Waals surface area contributed by atoms with Gasteiger partial charge in [-0.3, -0.25) is 14.5 Å². The molecule has 0 saturated carbocycles. The summed E-state index contributed by atoms with van der Waals surface area (Å²) < 4.78 is 5.17. The molecule has 6 heteroatoms. The second kappa shape index (κ2) is 8.26. The van der Waals surface area contributed by atoms with Crippen LogP contribution in [-0.4, -0.2) is 50.0 Å². The summed E-state index contributed by atoms with van der Waals surface area (Å²) in [6.07, 6.45) is 0. The standard InChI is InChI=1S/C15H23N3O3/c1-11(2)16-14(19)9-18(3)10-15(20)17-12-7-5-6-8-13(12)21-4/h5-8,11H,9-10H2,1-4H3,(H,16,19)(H,17,20). The zero-order valence-electron chi connectivity index (χ0n) is 13.0. The van der Waals surface area contributed by atoms with Gasteiger partial charge in [0.2, 0.25) is 11.8 Å². The molecule has 2 amide bonds. The monoisotopic (exact) mass is 293 g/mol. The molecule has 0 fully saturated rings. The number of nitrogens with zero attached hydrogens (tertiary/aromatic N) is 1. The molecule has 6 nitrogen and oxygen atoms in total. The van der Waals surface area contributed by atoms with E-state index in [2.05, 4.69) is 10.6 Å². The Morgan fingerprint density at radius 3 is 2.43 bits per heavy atom. The summed E-state index contributed by atoms with van der Waals surface area (Å²) in [5.74, 6) is 0.308. The lowest BCUT2D eigenvalue weighted by Gasteiger charge is -2.17. The summed E-state index contributed by atoms with van der Waals surface area (Å²) in [6, 6.07) is 7.28. The Bertz CT molecular complexity index is 489. The van der Waals surface area contributed by atoms with Crippen molar-refractivity contribution >= 4 is 17.5 Å². The van der Waals surface area contributed by atoms with Gasteiger partial charge in [-0.25, -0.2) is 0 Å². The minimum atomic E-state index is -0.195. The molecule has 0 aliphatic carbocycles. The van der Waals surface area contributed by atoms with Crippen LogP contribution in [0.3, 0.4) is 0 Å². The molecule has 1 aromatic rings. The van der Waals surface area contributed by atoms with Gasteiger partial charge < -0.3 is 15.4 Å². The highest BCUT2D eigenvalue weighted by Gasteiger charge is 2.12. The molecular weight excluding hydrogens is 270 g/mol. The third-order valence-electron chi connectivity index (χ3n) is 2.66. The Morgan fingerprint density at radius 1 is 1.19 bits per heavy atom. The Balaban J connectivity index is 2.48. The van der Waals surface area contributed by atoms with E-state index in [4.69, 9.17) is 4.74 Å². The first-order valence-corrected chi connectivity index (χ1v) is 6.83. The van der Waals surface area contributed by atoms with Gasteiger partial charge in [0.05, 0.1) is 25.9 Å². The van der Waals surface area contributed by atoms with Crippen molar-refractivity contribution in [1.29, 1.82) is 0 Å². The van der Waals surface area contributed by atoms with E-state index >= 15 is 0 Å². The first-order chi connectivity index (χ1) is 9.92. The Hall–Kier alpha value is -2.08. The van der Waals surface area contributed by atoms with Crippen molar-refractivity contribution in [2.75, 3.05) is 32.6 Å². The van der Waals surface area contributed by atoms with Gasteiger partial charge in [0, 0.05) is 6.04 Å². The third-order valence-corrected chi connectivity index (χ3v) is 2.66. The van der Waals surface area contributed by atoms with Crippen molar-refractivity contribution in [2.45, 2.75) is 19.9 Å². The SMILES string of the molecule is COc1ccccc1NC(=O)CN(C)CC(=O)NC(C)C. The molecule has 0 aliphatic rings. The first-order valence-electron chi connectivity index (χ1n) is 6.83. The lowest BCUT2D eigenvalue weighted by Crippen LogP contribution is -2.41. The summed E-state index contributed by atoms with van der Waals surface area (Å²) in [6.45, 7) is 4.10. The fraction of sp³-hybridized carbons (Fsp3) is 0.467. The molecule has 0 spiro atoms. The number of benzene rings is 1. The van der Waals surface area contributed by atoms with Crippen LogP contribution in [0.25, 0.3) is 0 Å². The highest BCUT2D eigenvalue weighted by Crippen LogP contribution is 2.22. The van der Waals surface area contributed by atoms with Crippen molar-refractivity contribution in [2.24, 2.45) is 0 Å². The smallest absolute Gasteiger partial charge is 0.238 e. The van der Waals surface area contributed by atoms with Crippen LogP contribution in [0.1, 0.15) is 13.8 Å². The summed E-state index contributed by atoms with van der Waals surface area (Å²) in [4.78, 5) is 25.2. The van der Waals surface area contributed by atoms with Crippen LogP contribution in [0.15, 0.2) is 24.3 Å². The zero-order chi connectivity index (χ0) is 15.8. The molecule has 2 N–H and O–H groups in total. The van der Waals surface area contributed by atoms with Gasteiger partial charge in [0.25, 0.3) is 0 Å². The quantitative estimate of drug-likeness (QED) is 0.789. The number of para-hydroxylation sites is 2. The number of carbonyl (C=O) groups is 2. The number of ether oxygens (including phenoxy) is 1. The fourth-order valence-corrected chi connectivity index (χ4v) is 1.85. The number of hydrogen-bond acceptors (Lipinski definition) is 4. The Morgan fingerprint density at radius 2 is 1.81 bits per heavy atom. The fourth-order valence-electron chi connectivity index (χ4n) is 1.85. The Labute approximate surface area is 125 Å². The number of anilines is 1. The average Bonchev–Trinajstić information content (AvgIpc) is 2.37. The number of carbonyl (C=O) groups excluding carboxylic acids is 2. The lowest BCUT2D eigenvalue weighted by molar-refractivity contribution is -0.123. The van der Waals surface area contributed by atoms with Crippen LogP contribution >= 0.6 is 0 Å². The van der Waals surface area contributed by atoms with Crippen molar-refractivity contribution in [3.05, 3.63) is 24.3 Å². The van der Waals surface area contributed by atoms with Crippen LogP contribution in [-0.2, 0) is 9.59 Å². The van der Waals surface area contributed by atoms with Gasteiger partial charge in [0.15, 0.2) is 0 Å². The summed E-state index contributed by atoms with van der Waals surface area (Å²) in [5, 5.41) is 5.55. The van der Waals surface area contributed by atoms with E-state index in [-0.39, 0.29) is 30.9 Å². The van der Waals surface area contributed by atoms with E-state index in [0.29, 0.717) is 11.4 Å². The molecule has 21 heavy (non-hydrogen) atoms. The largest absolute Gasteiger partial charge is 0.495 e. The number of hydrogen-bond donors (Lipinski definition) is 2. The van der Waals surface area contributed by atoms with Gasteiger partial charge in [-0.1, -0.05) is 12.1 Å². The summed E-state index contributed by atoms with van der Waals surface area (Å²) in [7, 11) is 3.27. The van der Waals surface area contributed by atoms with E-state index in [9.17, 15) is 9.59 Å². The van der Waals surface area contributed by atoms with E-state index < -0.39 is 0 Å². The van der Waals surface area contributed by atoms with E-state index in [0.717, 1.165) is 0 Å². The number of methoxy groups -OCH3 is 1. The van der Waals surface area contributed by atoms with E-state index in [1.54, 1.807) is 31.2 Å². The molecular formula is C15H23N3O3. The summed E-state index contributed by atoms with van der Waals surface area (Å²) in [5.41, 5.74) is 0.616. The van der Waals surface area contributed by atoms with E-state index in [1.165, 1.54) is 0 Å². The van der Waals surface area contributed by atoms with Gasteiger partial charge in [-0.15, -0.1) is 0 Å². The molecule has 0 bridgehead atoms. The molecule has 0 aromatic heterocycles. The van der Waals surface area contributed by atoms with Gasteiger partial charge >= 0.3 is 0 Å². The number of nitrogens with one attached hydrogen (secondary N) is 2. The van der Waals surface area contributed by atoms with Gasteiger partial charge in [0.1, 0.15) is 5.75 Å². The molecule has 0 unspecified atom stereocenters. The molecule has 0 heterocycles. The summed E-state index contributed by atoms with van der Waals surface area (Å²) >= 11 is 0. The first kappa shape index (κ1) is 17.0. The van der Waals surface area contributed by atoms with Crippen molar-refractivity contribution in [3.63, 3.8) is 0 Å². The van der Waals surface area contributed by atoms with Crippen LogP contribution in [0, 0.1) is 0 Å². The molecule has 0 aliphatic heterocycles. The number of likely N-dealkylation sites (N-methyl/N-ethyl adjacent to an activating group) is 1. The van der Waals surface area contributed by atoms with Crippen LogP contribution in [0.2, 0.25) is 0 Å². The zero-order valence-corrected chi connectivity index (χ0v) is 13.0. The number of rotatable bonds is 7. The molecule has 0 radical (unpaired) electrons. The van der Waals surface area contributed by atoms with E-state index in [1.807, 2.05) is 26.0 Å². The van der Waals surface area contributed by atoms with Crippen molar-refractivity contribution in [1.82, 2.24) is 10.2 Å². The second-order valence-corrected chi connectivity index (χ2v) is 5.14. The third kappa shape index (κ3) is 6.27. The molecule has 0 saturated heterocycles. The van der Waals surface area contributed by atoms with Gasteiger partial charge in [-0.2, -0.15) is 0 Å². The van der Waals surface area contributed by atoms with Crippen LogP contribution < -0.4 is 15.4 Å². The maximum atomic E-state index is 12.0. The van der Waals surface area contributed by atoms with Crippen molar-refractivity contribution < 1.29 is 14.3 Å². The molecule has 1 aromatic carbocycles. The Kier molecular flexibility index (Phi) is 6.68. The highest BCUT2D eigenvalue weighted by molar-refractivity contribution is 5.94. The van der Waals surface area contributed by atoms with Crippen molar-refractivity contribution in [3.8, 4) is 5.75 Å². The minimum Gasteiger partial charge on any atom is -0.495 e. The second-order valence-electron chi connectivity index (χ2n) is 5.14. The molecule has 1 rings (SSSR count). The maximum absolute atomic E-state index is 12.0. The topological polar surface area (TPSA) is 70.7 Å². The average molecular weight is 293 g/mol. The van der Waals surface area contributed by atoms with Gasteiger partial charge in [-0.05, 0) is 33.0 Å². The lowest BCUT2D eigenvalue weighted by atomic mass is 10.3. The maximum Gasteiger partial charge on any atom is 0.238 e. The number of amides is 2. The minimum absolute atomic E-state index is 0.0910. The van der Waals surface area contributed by atoms with Crippen LogP contribution in [0.4, 0.5) is 5.69 Å².